The zero-order valence-corrected chi connectivity index (χ0v) is 20.0. The van der Waals surface area contributed by atoms with Gasteiger partial charge in [-0.15, -0.1) is 0 Å². The van der Waals surface area contributed by atoms with Crippen molar-refractivity contribution in [1.82, 2.24) is 14.7 Å². The van der Waals surface area contributed by atoms with Crippen LogP contribution in [0.3, 0.4) is 0 Å². The van der Waals surface area contributed by atoms with Crippen LogP contribution in [0.4, 0.5) is 0 Å². The maximum absolute atomic E-state index is 13.7. The fourth-order valence-corrected chi connectivity index (χ4v) is 3.97. The van der Waals surface area contributed by atoms with E-state index in [-0.39, 0.29) is 11.5 Å². The second-order valence-corrected chi connectivity index (χ2v) is 8.39. The van der Waals surface area contributed by atoms with Gasteiger partial charge in [-0.05, 0) is 54.8 Å². The normalized spacial score (nSPS) is 11.6. The summed E-state index contributed by atoms with van der Waals surface area (Å²) in [5.74, 6) is 0.590. The standard InChI is InChI=1S/C29H29N3O3/c1-22(32-28(33)18-17-27(30-32)25-13-15-26(35-2)16-14-25)29(34)31(21-24-11-7-4-8-12-24)20-19-23-9-5-3-6-10-23/h3-18,22H,19-21H2,1-2H3. The fourth-order valence-electron chi connectivity index (χ4n) is 3.97. The Bertz CT molecular complexity index is 1300. The minimum Gasteiger partial charge on any atom is -0.497 e. The van der Waals surface area contributed by atoms with Crippen molar-refractivity contribution in [3.8, 4) is 17.0 Å². The van der Waals surface area contributed by atoms with E-state index in [9.17, 15) is 9.59 Å². The lowest BCUT2D eigenvalue weighted by atomic mass is 10.1. The zero-order chi connectivity index (χ0) is 24.6. The number of carbonyl (C=O) groups excluding carboxylic acids is 1. The predicted octanol–water partition coefficient (Wildman–Crippen LogP) is 4.75. The number of ether oxygens (including phenoxy) is 1. The third-order valence-electron chi connectivity index (χ3n) is 5.98. The Morgan fingerprint density at radius 1 is 0.886 bits per heavy atom. The molecule has 0 aliphatic heterocycles. The molecule has 0 aliphatic rings. The number of methoxy groups -OCH3 is 1. The molecule has 6 heteroatoms. The van der Waals surface area contributed by atoms with Crippen LogP contribution in [0.1, 0.15) is 24.1 Å². The molecular formula is C29H29N3O3. The number of amides is 1. The lowest BCUT2D eigenvalue weighted by molar-refractivity contribution is -0.135. The number of rotatable bonds is 9. The van der Waals surface area contributed by atoms with Crippen molar-refractivity contribution in [2.45, 2.75) is 25.9 Å². The molecule has 0 bridgehead atoms. The van der Waals surface area contributed by atoms with Gasteiger partial charge in [0.05, 0.1) is 12.8 Å². The molecule has 35 heavy (non-hydrogen) atoms. The third-order valence-corrected chi connectivity index (χ3v) is 5.98. The van der Waals surface area contributed by atoms with E-state index in [2.05, 4.69) is 17.2 Å². The van der Waals surface area contributed by atoms with Gasteiger partial charge in [0.2, 0.25) is 5.91 Å². The topological polar surface area (TPSA) is 64.4 Å². The lowest BCUT2D eigenvalue weighted by Crippen LogP contribution is -2.40. The molecule has 1 unspecified atom stereocenters. The van der Waals surface area contributed by atoms with E-state index in [1.807, 2.05) is 72.8 Å². The molecule has 0 fully saturated rings. The first-order chi connectivity index (χ1) is 17.0. The Kier molecular flexibility index (Phi) is 7.73. The summed E-state index contributed by atoms with van der Waals surface area (Å²) in [5.41, 5.74) is 3.33. The van der Waals surface area contributed by atoms with Gasteiger partial charge in [0.25, 0.3) is 5.56 Å². The Labute approximate surface area is 205 Å². The van der Waals surface area contributed by atoms with Crippen LogP contribution in [0.5, 0.6) is 5.75 Å². The van der Waals surface area contributed by atoms with E-state index in [4.69, 9.17) is 4.74 Å². The number of aromatic nitrogens is 2. The van der Waals surface area contributed by atoms with Crippen LogP contribution in [0, 0.1) is 0 Å². The smallest absolute Gasteiger partial charge is 0.267 e. The average molecular weight is 468 g/mol. The molecule has 6 nitrogen and oxygen atoms in total. The van der Waals surface area contributed by atoms with Gasteiger partial charge in [-0.2, -0.15) is 5.10 Å². The fraction of sp³-hybridized carbons (Fsp3) is 0.207. The first kappa shape index (κ1) is 24.0. The Balaban J connectivity index is 1.59. The molecule has 0 spiro atoms. The van der Waals surface area contributed by atoms with Crippen LogP contribution < -0.4 is 10.3 Å². The molecule has 178 valence electrons. The molecule has 0 aliphatic carbocycles. The van der Waals surface area contributed by atoms with Crippen LogP contribution in [0.2, 0.25) is 0 Å². The van der Waals surface area contributed by atoms with E-state index >= 15 is 0 Å². The van der Waals surface area contributed by atoms with Gasteiger partial charge in [-0.3, -0.25) is 9.59 Å². The van der Waals surface area contributed by atoms with Crippen LogP contribution in [0.25, 0.3) is 11.3 Å². The first-order valence-corrected chi connectivity index (χ1v) is 11.7. The Morgan fingerprint density at radius 3 is 2.14 bits per heavy atom. The highest BCUT2D eigenvalue weighted by Crippen LogP contribution is 2.21. The van der Waals surface area contributed by atoms with Crippen molar-refractivity contribution < 1.29 is 9.53 Å². The summed E-state index contributed by atoms with van der Waals surface area (Å²) in [5, 5.41) is 4.54. The van der Waals surface area contributed by atoms with Gasteiger partial charge >= 0.3 is 0 Å². The van der Waals surface area contributed by atoms with E-state index in [0.29, 0.717) is 18.8 Å². The summed E-state index contributed by atoms with van der Waals surface area (Å²) >= 11 is 0. The van der Waals surface area contributed by atoms with Crippen LogP contribution in [-0.2, 0) is 17.8 Å². The summed E-state index contributed by atoms with van der Waals surface area (Å²) in [6.45, 7) is 2.73. The molecule has 3 aromatic carbocycles. The van der Waals surface area contributed by atoms with Gasteiger partial charge in [-0.25, -0.2) is 4.68 Å². The van der Waals surface area contributed by atoms with E-state index in [1.54, 1.807) is 25.0 Å². The van der Waals surface area contributed by atoms with Gasteiger partial charge < -0.3 is 9.64 Å². The second-order valence-electron chi connectivity index (χ2n) is 8.39. The number of hydrogen-bond acceptors (Lipinski definition) is 4. The van der Waals surface area contributed by atoms with E-state index in [1.165, 1.54) is 10.7 Å². The average Bonchev–Trinajstić information content (AvgIpc) is 2.91. The predicted molar refractivity (Wildman–Crippen MR) is 137 cm³/mol. The van der Waals surface area contributed by atoms with Crippen molar-refractivity contribution in [2.24, 2.45) is 0 Å². The molecule has 0 radical (unpaired) electrons. The largest absolute Gasteiger partial charge is 0.497 e. The summed E-state index contributed by atoms with van der Waals surface area (Å²) in [4.78, 5) is 28.2. The van der Waals surface area contributed by atoms with Gasteiger partial charge in [0, 0.05) is 24.7 Å². The number of benzene rings is 3. The highest BCUT2D eigenvalue weighted by Gasteiger charge is 2.24. The van der Waals surface area contributed by atoms with E-state index in [0.717, 1.165) is 28.9 Å². The van der Waals surface area contributed by atoms with E-state index < -0.39 is 6.04 Å². The second kappa shape index (κ2) is 11.3. The minimum atomic E-state index is -0.750. The monoisotopic (exact) mass is 467 g/mol. The highest BCUT2D eigenvalue weighted by atomic mass is 16.5. The molecule has 1 heterocycles. The molecule has 1 atom stereocenters. The van der Waals surface area contributed by atoms with Gasteiger partial charge in [0.1, 0.15) is 11.8 Å². The molecule has 1 aromatic heterocycles. The highest BCUT2D eigenvalue weighted by molar-refractivity contribution is 5.80. The van der Waals surface area contributed by atoms with Crippen LogP contribution in [-0.4, -0.2) is 34.2 Å². The van der Waals surface area contributed by atoms with Crippen molar-refractivity contribution >= 4 is 5.91 Å². The third kappa shape index (κ3) is 6.03. The minimum absolute atomic E-state index is 0.147. The molecule has 4 aromatic rings. The van der Waals surface area contributed by atoms with Crippen molar-refractivity contribution in [2.75, 3.05) is 13.7 Å². The first-order valence-electron chi connectivity index (χ1n) is 11.7. The SMILES string of the molecule is COc1ccc(-c2ccc(=O)n(C(C)C(=O)N(CCc3ccccc3)Cc3ccccc3)n2)cc1. The van der Waals surface area contributed by atoms with Crippen LogP contribution in [0.15, 0.2) is 102 Å². The van der Waals surface area contributed by atoms with Gasteiger partial charge in [0.15, 0.2) is 0 Å². The molecule has 0 saturated heterocycles. The molecule has 1 amide bonds. The maximum atomic E-state index is 13.7. The summed E-state index contributed by atoms with van der Waals surface area (Å²) < 4.78 is 6.50. The summed E-state index contributed by atoms with van der Waals surface area (Å²) in [7, 11) is 1.61. The zero-order valence-electron chi connectivity index (χ0n) is 20.0. The quantitative estimate of drug-likeness (QED) is 0.356. The maximum Gasteiger partial charge on any atom is 0.267 e. The lowest BCUT2D eigenvalue weighted by Gasteiger charge is -2.26. The van der Waals surface area contributed by atoms with Gasteiger partial charge in [-0.1, -0.05) is 60.7 Å². The molecule has 4 rings (SSSR count). The van der Waals surface area contributed by atoms with Crippen molar-refractivity contribution in [1.29, 1.82) is 0 Å². The van der Waals surface area contributed by atoms with Crippen molar-refractivity contribution in [3.63, 3.8) is 0 Å². The summed E-state index contributed by atoms with van der Waals surface area (Å²) in [6, 6.07) is 29.8. The van der Waals surface area contributed by atoms with Crippen LogP contribution >= 0.6 is 0 Å². The number of carbonyl (C=O) groups is 1. The molecule has 0 N–H and O–H groups in total. The molecular weight excluding hydrogens is 438 g/mol. The van der Waals surface area contributed by atoms with Crippen molar-refractivity contribution in [3.05, 3.63) is 119 Å². The molecule has 0 saturated carbocycles. The summed E-state index contributed by atoms with van der Waals surface area (Å²) in [6.07, 6.45) is 0.723. The Morgan fingerprint density at radius 2 is 1.51 bits per heavy atom. The number of hydrogen-bond donors (Lipinski definition) is 0. The Hall–Kier alpha value is -4.19. The number of nitrogens with zero attached hydrogens (tertiary/aromatic N) is 3.